The summed E-state index contributed by atoms with van der Waals surface area (Å²) in [5.41, 5.74) is 6.42. The van der Waals surface area contributed by atoms with Gasteiger partial charge in [-0.2, -0.15) is 0 Å². The Bertz CT molecular complexity index is 543. The number of aromatic nitrogens is 2. The summed E-state index contributed by atoms with van der Waals surface area (Å²) in [5, 5.41) is 18.6. The highest BCUT2D eigenvalue weighted by molar-refractivity contribution is 8.00. The number of benzene rings is 1. The van der Waals surface area contributed by atoms with E-state index in [0.29, 0.717) is 10.9 Å². The molecule has 2 N–H and O–H groups in total. The topological polar surface area (TPSA) is 94.9 Å². The number of nitro benzene ring substituents is 1. The van der Waals surface area contributed by atoms with E-state index in [1.165, 1.54) is 29.2 Å². The van der Waals surface area contributed by atoms with Crippen LogP contribution in [0, 0.1) is 10.1 Å². The molecule has 0 aliphatic carbocycles. The number of nitro groups is 1. The Hall–Kier alpha value is -1.67. The van der Waals surface area contributed by atoms with Gasteiger partial charge in [-0.25, -0.2) is 0 Å². The van der Waals surface area contributed by atoms with Crippen LogP contribution < -0.4 is 5.73 Å². The molecule has 0 atom stereocenters. The lowest BCUT2D eigenvalue weighted by atomic mass is 10.2. The number of hydrogen-bond donors (Lipinski definition) is 1. The molecule has 0 radical (unpaired) electrons. The third-order valence-electron chi connectivity index (χ3n) is 1.91. The molecule has 6 nitrogen and oxygen atoms in total. The molecule has 0 saturated carbocycles. The minimum Gasteiger partial charge on any atom is -0.374 e. The van der Waals surface area contributed by atoms with Gasteiger partial charge >= 0.3 is 0 Å². The molecule has 0 bridgehead atoms. The largest absolute Gasteiger partial charge is 0.374 e. The maximum absolute atomic E-state index is 10.6. The predicted octanol–water partition coefficient (Wildman–Crippen LogP) is 2.32. The fourth-order valence-electron chi connectivity index (χ4n) is 1.18. The maximum atomic E-state index is 10.6. The van der Waals surface area contributed by atoms with Crippen molar-refractivity contribution in [3.8, 4) is 0 Å². The second-order valence-corrected chi connectivity index (χ2v) is 5.35. The molecule has 1 aromatic heterocycles. The van der Waals surface area contributed by atoms with Gasteiger partial charge < -0.3 is 5.73 Å². The Morgan fingerprint density at radius 1 is 1.47 bits per heavy atom. The van der Waals surface area contributed by atoms with Gasteiger partial charge in [-0.3, -0.25) is 10.1 Å². The lowest BCUT2D eigenvalue weighted by Gasteiger charge is -1.98. The molecule has 0 saturated heterocycles. The molecule has 0 aliphatic heterocycles. The summed E-state index contributed by atoms with van der Waals surface area (Å²) in [7, 11) is 0. The van der Waals surface area contributed by atoms with Crippen LogP contribution in [-0.4, -0.2) is 15.1 Å². The lowest BCUT2D eigenvalue weighted by Crippen LogP contribution is -1.89. The van der Waals surface area contributed by atoms with E-state index in [-0.39, 0.29) is 5.69 Å². The molecule has 0 spiro atoms. The third kappa shape index (κ3) is 3.14. The van der Waals surface area contributed by atoms with E-state index in [1.807, 2.05) is 6.07 Å². The van der Waals surface area contributed by atoms with Crippen LogP contribution in [0.25, 0.3) is 0 Å². The first-order valence-corrected chi connectivity index (χ1v) is 6.40. The SMILES string of the molecule is Nc1nnc(SCc2cccc([N+](=O)[O-])c2)s1. The van der Waals surface area contributed by atoms with Crippen molar-refractivity contribution in [2.45, 2.75) is 10.1 Å². The Balaban J connectivity index is 2.04. The van der Waals surface area contributed by atoms with Gasteiger partial charge in [0.1, 0.15) is 0 Å². The number of non-ortho nitro benzene ring substituents is 1. The summed E-state index contributed by atoms with van der Waals surface area (Å²) in [4.78, 5) is 10.2. The van der Waals surface area contributed by atoms with Crippen LogP contribution in [-0.2, 0) is 5.75 Å². The number of hydrogen-bond acceptors (Lipinski definition) is 7. The summed E-state index contributed by atoms with van der Waals surface area (Å²) in [6.07, 6.45) is 0. The van der Waals surface area contributed by atoms with Gasteiger partial charge in [0.2, 0.25) is 5.13 Å². The highest BCUT2D eigenvalue weighted by Gasteiger charge is 2.07. The Labute approximate surface area is 105 Å². The van der Waals surface area contributed by atoms with E-state index in [9.17, 15) is 10.1 Å². The molecular weight excluding hydrogens is 260 g/mol. The van der Waals surface area contributed by atoms with Crippen LogP contribution in [0.3, 0.4) is 0 Å². The van der Waals surface area contributed by atoms with E-state index < -0.39 is 4.92 Å². The molecule has 0 amide bonds. The number of rotatable bonds is 4. The lowest BCUT2D eigenvalue weighted by molar-refractivity contribution is -0.384. The van der Waals surface area contributed by atoms with Gasteiger partial charge in [-0.05, 0) is 5.56 Å². The summed E-state index contributed by atoms with van der Waals surface area (Å²) in [6, 6.07) is 6.53. The molecule has 1 aromatic carbocycles. The fourth-order valence-corrected chi connectivity index (χ4v) is 2.76. The highest BCUT2D eigenvalue weighted by atomic mass is 32.2. The van der Waals surface area contributed by atoms with Gasteiger partial charge in [0.05, 0.1) is 4.92 Å². The second-order valence-electron chi connectivity index (χ2n) is 3.12. The molecule has 1 heterocycles. The zero-order valence-corrected chi connectivity index (χ0v) is 10.2. The highest BCUT2D eigenvalue weighted by Crippen LogP contribution is 2.27. The van der Waals surface area contributed by atoms with Crippen LogP contribution in [0.15, 0.2) is 28.6 Å². The van der Waals surface area contributed by atoms with Crippen LogP contribution in [0.5, 0.6) is 0 Å². The van der Waals surface area contributed by atoms with Crippen molar-refractivity contribution >= 4 is 33.9 Å². The maximum Gasteiger partial charge on any atom is 0.269 e. The zero-order valence-electron chi connectivity index (χ0n) is 8.57. The predicted molar refractivity (Wildman–Crippen MR) is 67.0 cm³/mol. The van der Waals surface area contributed by atoms with Crippen molar-refractivity contribution in [1.82, 2.24) is 10.2 Å². The zero-order chi connectivity index (χ0) is 12.3. The van der Waals surface area contributed by atoms with Gasteiger partial charge in [0.15, 0.2) is 4.34 Å². The molecule has 2 aromatic rings. The second kappa shape index (κ2) is 5.11. The Morgan fingerprint density at radius 3 is 2.94 bits per heavy atom. The van der Waals surface area contributed by atoms with Crippen molar-refractivity contribution in [2.24, 2.45) is 0 Å². The van der Waals surface area contributed by atoms with E-state index in [4.69, 9.17) is 5.73 Å². The monoisotopic (exact) mass is 268 g/mol. The van der Waals surface area contributed by atoms with E-state index in [0.717, 1.165) is 9.90 Å². The van der Waals surface area contributed by atoms with Crippen molar-refractivity contribution in [2.75, 3.05) is 5.73 Å². The minimum atomic E-state index is -0.406. The molecule has 88 valence electrons. The van der Waals surface area contributed by atoms with Gasteiger partial charge in [0, 0.05) is 17.9 Å². The van der Waals surface area contributed by atoms with Crippen LogP contribution >= 0.6 is 23.1 Å². The average Bonchev–Trinajstić information content (AvgIpc) is 2.73. The van der Waals surface area contributed by atoms with E-state index in [2.05, 4.69) is 10.2 Å². The molecule has 17 heavy (non-hydrogen) atoms. The van der Waals surface area contributed by atoms with Crippen LogP contribution in [0.2, 0.25) is 0 Å². The molecule has 0 fully saturated rings. The fraction of sp³-hybridized carbons (Fsp3) is 0.111. The number of thioether (sulfide) groups is 1. The van der Waals surface area contributed by atoms with Crippen molar-refractivity contribution in [1.29, 1.82) is 0 Å². The van der Waals surface area contributed by atoms with Crippen molar-refractivity contribution in [3.63, 3.8) is 0 Å². The third-order valence-corrected chi connectivity index (χ3v) is 3.86. The average molecular weight is 268 g/mol. The van der Waals surface area contributed by atoms with Gasteiger partial charge in [0.25, 0.3) is 5.69 Å². The van der Waals surface area contributed by atoms with Crippen LogP contribution in [0.1, 0.15) is 5.56 Å². The molecule has 0 unspecified atom stereocenters. The number of nitrogens with zero attached hydrogens (tertiary/aromatic N) is 3. The summed E-state index contributed by atoms with van der Waals surface area (Å²) < 4.78 is 0.758. The standard InChI is InChI=1S/C9H8N4O2S2/c10-8-11-12-9(17-8)16-5-6-2-1-3-7(4-6)13(14)15/h1-4H,5H2,(H2,10,11). The first-order chi connectivity index (χ1) is 8.15. The van der Waals surface area contributed by atoms with E-state index >= 15 is 0 Å². The normalized spacial score (nSPS) is 10.4. The first kappa shape index (κ1) is 11.8. The van der Waals surface area contributed by atoms with E-state index in [1.54, 1.807) is 12.1 Å². The minimum absolute atomic E-state index is 0.0971. The van der Waals surface area contributed by atoms with Crippen LogP contribution in [0.4, 0.5) is 10.8 Å². The van der Waals surface area contributed by atoms with Crippen molar-refractivity contribution < 1.29 is 4.92 Å². The van der Waals surface area contributed by atoms with Gasteiger partial charge in [-0.1, -0.05) is 35.2 Å². The molecule has 8 heteroatoms. The smallest absolute Gasteiger partial charge is 0.269 e. The Kier molecular flexibility index (Phi) is 3.55. The molecule has 2 rings (SSSR count). The number of nitrogen functional groups attached to an aromatic ring is 1. The summed E-state index contributed by atoms with van der Waals surface area (Å²) >= 11 is 2.76. The quantitative estimate of drug-likeness (QED) is 0.519. The number of nitrogens with two attached hydrogens (primary N) is 1. The number of anilines is 1. The Morgan fingerprint density at radius 2 is 2.29 bits per heavy atom. The van der Waals surface area contributed by atoms with Crippen molar-refractivity contribution in [3.05, 3.63) is 39.9 Å². The summed E-state index contributed by atoms with van der Waals surface area (Å²) in [5.74, 6) is 0.607. The molecular formula is C9H8N4O2S2. The molecule has 0 aliphatic rings. The van der Waals surface area contributed by atoms with Gasteiger partial charge in [-0.15, -0.1) is 10.2 Å². The summed E-state index contributed by atoms with van der Waals surface area (Å²) in [6.45, 7) is 0. The first-order valence-electron chi connectivity index (χ1n) is 4.60.